The highest BCUT2D eigenvalue weighted by molar-refractivity contribution is 6.31. The number of nitrogens with one attached hydrogen (secondary N) is 3. The van der Waals surface area contributed by atoms with Crippen LogP contribution in [0.4, 0.5) is 9.18 Å². The quantitative estimate of drug-likeness (QED) is 0.465. The molecule has 2 atom stereocenters. The molecule has 1 saturated heterocycles. The minimum Gasteiger partial charge on any atom is -0.344 e. The molecule has 1 aliphatic carbocycles. The van der Waals surface area contributed by atoms with Crippen LogP contribution in [0.2, 0.25) is 5.02 Å². The third-order valence-electron chi connectivity index (χ3n) is 6.83. The lowest BCUT2D eigenvalue weighted by atomic mass is 9.96. The number of likely N-dealkylation sites (tertiary alicyclic amines) is 1. The van der Waals surface area contributed by atoms with Crippen molar-refractivity contribution in [2.24, 2.45) is 0 Å². The highest BCUT2D eigenvalue weighted by Crippen LogP contribution is 2.32. The Balaban J connectivity index is 1.26. The third kappa shape index (κ3) is 5.10. The van der Waals surface area contributed by atoms with Gasteiger partial charge in [0.05, 0.1) is 28.9 Å². The monoisotopic (exact) mass is 534 g/mol. The average molecular weight is 535 g/mol. The molecule has 0 bridgehead atoms. The third-order valence-corrected chi connectivity index (χ3v) is 7.16. The second kappa shape index (κ2) is 10.6. The molecule has 194 valence electrons. The smallest absolute Gasteiger partial charge is 0.315 e. The number of nitrogens with zero attached hydrogens (tertiary/aromatic N) is 3. The summed E-state index contributed by atoms with van der Waals surface area (Å²) in [7, 11) is 1.68. The Bertz CT molecular complexity index is 1420. The first-order chi connectivity index (χ1) is 18.3. The molecule has 9 nitrogen and oxygen atoms in total. The average Bonchev–Trinajstić information content (AvgIpc) is 3.13. The first-order valence-electron chi connectivity index (χ1n) is 12.1. The number of amides is 4. The minimum atomic E-state index is -0.636. The first kappa shape index (κ1) is 25.4. The zero-order valence-corrected chi connectivity index (χ0v) is 21.2. The summed E-state index contributed by atoms with van der Waals surface area (Å²) in [6, 6.07) is 7.50. The van der Waals surface area contributed by atoms with Crippen LogP contribution in [0.5, 0.6) is 0 Å². The summed E-state index contributed by atoms with van der Waals surface area (Å²) >= 11 is 6.34. The predicted molar refractivity (Wildman–Crippen MR) is 136 cm³/mol. The Morgan fingerprint density at radius 1 is 1.21 bits per heavy atom. The van der Waals surface area contributed by atoms with Gasteiger partial charge in [-0.25, -0.2) is 14.2 Å². The maximum atomic E-state index is 14.6. The summed E-state index contributed by atoms with van der Waals surface area (Å²) in [6.07, 6.45) is 7.19. The Morgan fingerprint density at radius 2 is 2.05 bits per heavy atom. The molecule has 11 heteroatoms. The molecular formula is C27H24ClFN6O3. The normalized spacial score (nSPS) is 18.1. The minimum absolute atomic E-state index is 0.0129. The fourth-order valence-corrected chi connectivity index (χ4v) is 4.99. The number of aromatic nitrogens is 2. The van der Waals surface area contributed by atoms with E-state index in [0.29, 0.717) is 42.6 Å². The fourth-order valence-electron chi connectivity index (χ4n) is 4.75. The van der Waals surface area contributed by atoms with E-state index in [-0.39, 0.29) is 28.9 Å². The van der Waals surface area contributed by atoms with Crippen molar-refractivity contribution in [2.75, 3.05) is 13.6 Å². The topological polar surface area (TPSA) is 116 Å². The van der Waals surface area contributed by atoms with Crippen LogP contribution < -0.4 is 16.0 Å². The van der Waals surface area contributed by atoms with Crippen molar-refractivity contribution in [1.82, 2.24) is 30.8 Å². The van der Waals surface area contributed by atoms with Gasteiger partial charge in [0.15, 0.2) is 0 Å². The van der Waals surface area contributed by atoms with E-state index < -0.39 is 24.0 Å². The molecule has 2 unspecified atom stereocenters. The highest BCUT2D eigenvalue weighted by Gasteiger charge is 2.31. The van der Waals surface area contributed by atoms with Crippen molar-refractivity contribution in [2.45, 2.75) is 37.9 Å². The van der Waals surface area contributed by atoms with Crippen molar-refractivity contribution in [1.29, 1.82) is 0 Å². The van der Waals surface area contributed by atoms with E-state index in [0.717, 1.165) is 11.1 Å². The highest BCUT2D eigenvalue weighted by atomic mass is 35.5. The summed E-state index contributed by atoms with van der Waals surface area (Å²) in [6.45, 7) is 0.566. The van der Waals surface area contributed by atoms with E-state index in [1.54, 1.807) is 30.3 Å². The van der Waals surface area contributed by atoms with E-state index >= 15 is 0 Å². The number of halogens is 2. The number of rotatable bonds is 5. The standard InChI is InChI=1S/C27H24ClFN6O3/c1-35-10-8-22(26(35)37)33-25(36)16-11-20(28)23(31-12-16)14-32-27(38)34-24-18-3-2-4-21(29)17(18)6-5-15-7-9-30-13-19(15)24/h2-4,11-13,22,24H,5-6,8,10,14H2,1H3,(H,33,36)(H2,32,34,38). The Morgan fingerprint density at radius 3 is 2.82 bits per heavy atom. The van der Waals surface area contributed by atoms with Gasteiger partial charge >= 0.3 is 6.03 Å². The molecule has 3 aromatic rings. The maximum Gasteiger partial charge on any atom is 0.315 e. The van der Waals surface area contributed by atoms with Crippen LogP contribution in [0.3, 0.4) is 0 Å². The molecule has 0 spiro atoms. The number of carbonyl (C=O) groups is 3. The molecular weight excluding hydrogens is 511 g/mol. The summed E-state index contributed by atoms with van der Waals surface area (Å²) in [4.78, 5) is 47.3. The molecule has 3 heterocycles. The largest absolute Gasteiger partial charge is 0.344 e. The van der Waals surface area contributed by atoms with Crippen LogP contribution in [0.25, 0.3) is 0 Å². The van der Waals surface area contributed by atoms with Gasteiger partial charge in [0.25, 0.3) is 5.91 Å². The number of benzene rings is 1. The van der Waals surface area contributed by atoms with Gasteiger partial charge in [-0.15, -0.1) is 0 Å². The van der Waals surface area contributed by atoms with Crippen LogP contribution in [-0.2, 0) is 24.2 Å². The summed E-state index contributed by atoms with van der Waals surface area (Å²) in [5.74, 6) is -0.924. The van der Waals surface area contributed by atoms with Gasteiger partial charge < -0.3 is 20.9 Å². The van der Waals surface area contributed by atoms with Crippen molar-refractivity contribution in [3.8, 4) is 0 Å². The summed E-state index contributed by atoms with van der Waals surface area (Å²) in [5.41, 5.74) is 3.28. The number of likely N-dealkylation sites (N-methyl/N-ethyl adjacent to an activating group) is 1. The molecule has 2 aromatic heterocycles. The van der Waals surface area contributed by atoms with Gasteiger partial charge in [-0.3, -0.25) is 14.6 Å². The van der Waals surface area contributed by atoms with Gasteiger partial charge in [-0.2, -0.15) is 0 Å². The Hall–Kier alpha value is -4.23. The molecule has 4 amide bonds. The van der Waals surface area contributed by atoms with Gasteiger partial charge in [0.1, 0.15) is 11.9 Å². The van der Waals surface area contributed by atoms with E-state index in [2.05, 4.69) is 38.2 Å². The number of hydrogen-bond acceptors (Lipinski definition) is 5. The number of pyridine rings is 1. The van der Waals surface area contributed by atoms with E-state index in [1.807, 2.05) is 0 Å². The van der Waals surface area contributed by atoms with Crippen LogP contribution in [0.1, 0.15) is 50.8 Å². The zero-order valence-electron chi connectivity index (χ0n) is 20.5. The molecule has 1 aliphatic heterocycles. The fraction of sp³-hybridized carbons (Fsp3) is 0.296. The molecule has 0 saturated carbocycles. The van der Waals surface area contributed by atoms with Crippen LogP contribution in [-0.4, -0.2) is 52.3 Å². The molecule has 1 aromatic carbocycles. The van der Waals surface area contributed by atoms with Crippen molar-refractivity contribution >= 4 is 29.4 Å². The van der Waals surface area contributed by atoms with Gasteiger partial charge in [-0.1, -0.05) is 23.7 Å². The zero-order chi connectivity index (χ0) is 26.8. The van der Waals surface area contributed by atoms with Crippen molar-refractivity contribution in [3.05, 3.63) is 93.3 Å². The predicted octanol–water partition coefficient (Wildman–Crippen LogP) is 2.52. The Kier molecular flexibility index (Phi) is 7.11. The maximum absolute atomic E-state index is 14.6. The molecule has 1 fully saturated rings. The SMILES string of the molecule is CN1CCC(NC(=O)c2cnc(CNC(=O)NC3c4cnc#cc4CCc4c(F)cccc43)c(Cl)c2)C1=O. The van der Waals surface area contributed by atoms with Gasteiger partial charge in [-0.05, 0) is 48.6 Å². The van der Waals surface area contributed by atoms with Crippen LogP contribution in [0, 0.1) is 18.1 Å². The summed E-state index contributed by atoms with van der Waals surface area (Å²) < 4.78 is 14.6. The first-order valence-corrected chi connectivity index (χ1v) is 12.5. The van der Waals surface area contributed by atoms with Crippen molar-refractivity contribution in [3.63, 3.8) is 0 Å². The van der Waals surface area contributed by atoms with Gasteiger partial charge in [0.2, 0.25) is 5.91 Å². The second-order valence-electron chi connectivity index (χ2n) is 9.22. The van der Waals surface area contributed by atoms with Gasteiger partial charge in [0, 0.05) is 43.3 Å². The molecule has 3 N–H and O–H groups in total. The number of hydrogen-bond donors (Lipinski definition) is 3. The van der Waals surface area contributed by atoms with Crippen molar-refractivity contribution < 1.29 is 18.8 Å². The van der Waals surface area contributed by atoms with Crippen LogP contribution >= 0.6 is 11.6 Å². The lowest BCUT2D eigenvalue weighted by molar-refractivity contribution is -0.128. The van der Waals surface area contributed by atoms with E-state index in [1.165, 1.54) is 18.3 Å². The van der Waals surface area contributed by atoms with E-state index in [9.17, 15) is 18.8 Å². The summed E-state index contributed by atoms with van der Waals surface area (Å²) in [5, 5.41) is 8.51. The lowest BCUT2D eigenvalue weighted by Gasteiger charge is -2.21. The second-order valence-corrected chi connectivity index (χ2v) is 9.63. The number of carbonyl (C=O) groups excluding carboxylic acids is 3. The van der Waals surface area contributed by atoms with Crippen LogP contribution in [0.15, 0.2) is 36.7 Å². The molecule has 38 heavy (non-hydrogen) atoms. The number of urea groups is 1. The number of fused-ring (bicyclic) bond motifs is 2. The molecule has 5 rings (SSSR count). The Labute approximate surface area is 223 Å². The molecule has 2 aliphatic rings. The van der Waals surface area contributed by atoms with E-state index in [4.69, 9.17) is 11.6 Å². The lowest BCUT2D eigenvalue weighted by Crippen LogP contribution is -2.40. The molecule has 0 radical (unpaired) electrons.